The van der Waals surface area contributed by atoms with Gasteiger partial charge >= 0.3 is 0 Å². The van der Waals surface area contributed by atoms with Crippen LogP contribution < -0.4 is 5.73 Å². The molecule has 0 fully saturated rings. The summed E-state index contributed by atoms with van der Waals surface area (Å²) in [6.07, 6.45) is 12.9. The number of nitrogen functional groups attached to an aromatic ring is 1. The summed E-state index contributed by atoms with van der Waals surface area (Å²) in [6, 6.07) is 0. The summed E-state index contributed by atoms with van der Waals surface area (Å²) in [5.74, 6) is 1.27. The van der Waals surface area contributed by atoms with E-state index in [1.807, 2.05) is 6.92 Å². The van der Waals surface area contributed by atoms with Crippen LogP contribution in [0.5, 0.6) is 0 Å². The third kappa shape index (κ3) is 5.94. The molecule has 0 bridgehead atoms. The predicted octanol–water partition coefficient (Wildman–Crippen LogP) is 4.02. The quantitative estimate of drug-likeness (QED) is 0.546. The average Bonchev–Trinajstić information content (AvgIpc) is 3.09. The molecule has 0 aliphatic heterocycles. The maximum Gasteiger partial charge on any atom is 0.254 e. The van der Waals surface area contributed by atoms with Crippen molar-refractivity contribution in [3.8, 4) is 0 Å². The Morgan fingerprint density at radius 2 is 1.62 bits per heavy atom. The van der Waals surface area contributed by atoms with Crippen LogP contribution in [0, 0.1) is 6.92 Å². The van der Waals surface area contributed by atoms with Crippen LogP contribution in [0.15, 0.2) is 6.33 Å². The Kier molecular flexibility index (Phi) is 8.81. The van der Waals surface area contributed by atoms with Gasteiger partial charge in [0.15, 0.2) is 0 Å². The number of nitrogens with two attached hydrogens (primary N) is 1. The van der Waals surface area contributed by atoms with Gasteiger partial charge in [-0.2, -0.15) is 14.6 Å². The minimum atomic E-state index is 0.583. The number of hydrogen-bond acceptors (Lipinski definition) is 5. The molecule has 0 amide bonds. The van der Waals surface area contributed by atoms with E-state index < -0.39 is 0 Å². The normalized spacial score (nSPS) is 11.7. The maximum absolute atomic E-state index is 6.33. The number of rotatable bonds is 13. The maximum atomic E-state index is 6.33. The first kappa shape index (κ1) is 20.6. The van der Waals surface area contributed by atoms with Crippen LogP contribution in [0.4, 0.5) is 5.82 Å². The van der Waals surface area contributed by atoms with E-state index in [1.54, 1.807) is 4.52 Å². The summed E-state index contributed by atoms with van der Waals surface area (Å²) in [7, 11) is 0. The summed E-state index contributed by atoms with van der Waals surface area (Å²) >= 11 is 0. The molecule has 2 aromatic rings. The molecule has 0 atom stereocenters. The lowest BCUT2D eigenvalue weighted by atomic mass is 10.1. The van der Waals surface area contributed by atoms with E-state index in [1.165, 1.54) is 70.8 Å². The first-order chi connectivity index (χ1) is 12.7. The van der Waals surface area contributed by atoms with Crippen molar-refractivity contribution in [3.05, 3.63) is 17.6 Å². The SMILES string of the molecule is CCCCCCN(CCCCCC)CCc1c(C)nc2ncnn2c1N. The van der Waals surface area contributed by atoms with Gasteiger partial charge in [0.2, 0.25) is 0 Å². The zero-order valence-corrected chi connectivity index (χ0v) is 16.9. The van der Waals surface area contributed by atoms with E-state index in [2.05, 4.69) is 33.8 Å². The number of unbranched alkanes of at least 4 members (excludes halogenated alkanes) is 6. The van der Waals surface area contributed by atoms with Crippen molar-refractivity contribution in [1.82, 2.24) is 24.5 Å². The molecule has 0 aliphatic carbocycles. The highest BCUT2D eigenvalue weighted by atomic mass is 15.3. The molecule has 0 aromatic carbocycles. The van der Waals surface area contributed by atoms with Crippen LogP contribution >= 0.6 is 0 Å². The van der Waals surface area contributed by atoms with E-state index in [0.717, 1.165) is 24.2 Å². The number of aryl methyl sites for hydroxylation is 1. The molecule has 26 heavy (non-hydrogen) atoms. The minimum absolute atomic E-state index is 0.583. The third-order valence-corrected chi connectivity index (χ3v) is 5.11. The molecule has 2 N–H and O–H groups in total. The van der Waals surface area contributed by atoms with Crippen molar-refractivity contribution < 1.29 is 0 Å². The fraction of sp³-hybridized carbons (Fsp3) is 0.750. The molecule has 0 radical (unpaired) electrons. The van der Waals surface area contributed by atoms with Crippen molar-refractivity contribution in [3.63, 3.8) is 0 Å². The predicted molar refractivity (Wildman–Crippen MR) is 108 cm³/mol. The summed E-state index contributed by atoms with van der Waals surface area (Å²) in [5, 5.41) is 4.19. The van der Waals surface area contributed by atoms with Gasteiger partial charge in [-0.05, 0) is 39.3 Å². The van der Waals surface area contributed by atoms with Crippen molar-refractivity contribution in [2.24, 2.45) is 0 Å². The molecule has 0 aliphatic rings. The second-order valence-electron chi connectivity index (χ2n) is 7.25. The molecule has 0 spiro atoms. The van der Waals surface area contributed by atoms with Gasteiger partial charge in [0.25, 0.3) is 5.78 Å². The van der Waals surface area contributed by atoms with Gasteiger partial charge in [-0.1, -0.05) is 52.4 Å². The van der Waals surface area contributed by atoms with Gasteiger partial charge in [-0.15, -0.1) is 0 Å². The molecule has 2 aromatic heterocycles. The zero-order valence-electron chi connectivity index (χ0n) is 16.9. The Morgan fingerprint density at radius 3 is 2.23 bits per heavy atom. The molecular weight excluding hydrogens is 324 g/mol. The first-order valence-corrected chi connectivity index (χ1v) is 10.3. The lowest BCUT2D eigenvalue weighted by Crippen LogP contribution is -2.29. The number of anilines is 1. The van der Waals surface area contributed by atoms with Gasteiger partial charge in [-0.3, -0.25) is 0 Å². The second kappa shape index (κ2) is 11.1. The van der Waals surface area contributed by atoms with Crippen LogP contribution in [0.1, 0.15) is 76.5 Å². The largest absolute Gasteiger partial charge is 0.383 e. The Balaban J connectivity index is 1.95. The molecule has 146 valence electrons. The summed E-state index contributed by atoms with van der Waals surface area (Å²) in [4.78, 5) is 11.3. The van der Waals surface area contributed by atoms with Gasteiger partial charge in [0.05, 0.1) is 0 Å². The Morgan fingerprint density at radius 1 is 0.962 bits per heavy atom. The first-order valence-electron chi connectivity index (χ1n) is 10.3. The van der Waals surface area contributed by atoms with E-state index >= 15 is 0 Å². The smallest absolute Gasteiger partial charge is 0.254 e. The number of fused-ring (bicyclic) bond motifs is 1. The topological polar surface area (TPSA) is 72.3 Å². The molecule has 2 rings (SSSR count). The number of aromatic nitrogens is 4. The molecule has 0 saturated heterocycles. The standard InChI is InChI=1S/C20H36N6/c1-4-6-8-10-13-25(14-11-9-7-5-2)15-12-18-17(3)24-20-22-16-23-26(20)19(18)21/h16H,4-15,21H2,1-3H3. The summed E-state index contributed by atoms with van der Waals surface area (Å²) < 4.78 is 1.65. The van der Waals surface area contributed by atoms with Crippen LogP contribution in [-0.2, 0) is 6.42 Å². The van der Waals surface area contributed by atoms with E-state index in [4.69, 9.17) is 5.73 Å². The monoisotopic (exact) mass is 360 g/mol. The van der Waals surface area contributed by atoms with Crippen LogP contribution in [0.3, 0.4) is 0 Å². The highest BCUT2D eigenvalue weighted by Gasteiger charge is 2.13. The Labute approximate surface area is 158 Å². The molecular formula is C20H36N6. The zero-order chi connectivity index (χ0) is 18.8. The molecule has 2 heterocycles. The van der Waals surface area contributed by atoms with Crippen molar-refractivity contribution in [2.45, 2.75) is 78.6 Å². The van der Waals surface area contributed by atoms with Crippen LogP contribution in [0.2, 0.25) is 0 Å². The fourth-order valence-corrected chi connectivity index (χ4v) is 3.45. The average molecular weight is 361 g/mol. The third-order valence-electron chi connectivity index (χ3n) is 5.11. The molecule has 0 saturated carbocycles. The van der Waals surface area contributed by atoms with Gasteiger partial charge in [-0.25, -0.2) is 4.98 Å². The molecule has 6 nitrogen and oxygen atoms in total. The van der Waals surface area contributed by atoms with Gasteiger partial charge < -0.3 is 10.6 Å². The fourth-order valence-electron chi connectivity index (χ4n) is 3.45. The van der Waals surface area contributed by atoms with E-state index in [9.17, 15) is 0 Å². The Bertz CT molecular complexity index is 639. The number of nitrogens with zero attached hydrogens (tertiary/aromatic N) is 5. The lowest BCUT2D eigenvalue weighted by molar-refractivity contribution is 0.263. The summed E-state index contributed by atoms with van der Waals surface area (Å²) in [5.41, 5.74) is 8.41. The highest BCUT2D eigenvalue weighted by Crippen LogP contribution is 2.17. The highest BCUT2D eigenvalue weighted by molar-refractivity contribution is 5.49. The summed E-state index contributed by atoms with van der Waals surface area (Å²) in [6.45, 7) is 9.95. The van der Waals surface area contributed by atoms with Crippen molar-refractivity contribution in [1.29, 1.82) is 0 Å². The van der Waals surface area contributed by atoms with Crippen LogP contribution in [-0.4, -0.2) is 44.1 Å². The molecule has 6 heteroatoms. The number of hydrogen-bond donors (Lipinski definition) is 1. The Hall–Kier alpha value is -1.69. The molecule has 0 unspecified atom stereocenters. The van der Waals surface area contributed by atoms with Crippen LogP contribution in [0.25, 0.3) is 5.78 Å². The van der Waals surface area contributed by atoms with Gasteiger partial charge in [0.1, 0.15) is 12.1 Å². The second-order valence-corrected chi connectivity index (χ2v) is 7.25. The lowest BCUT2D eigenvalue weighted by Gasteiger charge is -2.23. The van der Waals surface area contributed by atoms with Crippen molar-refractivity contribution in [2.75, 3.05) is 25.4 Å². The van der Waals surface area contributed by atoms with Crippen molar-refractivity contribution >= 4 is 11.6 Å². The van der Waals surface area contributed by atoms with E-state index in [-0.39, 0.29) is 0 Å². The minimum Gasteiger partial charge on any atom is -0.383 e. The van der Waals surface area contributed by atoms with E-state index in [0.29, 0.717) is 11.6 Å². The van der Waals surface area contributed by atoms with Gasteiger partial charge in [0, 0.05) is 17.8 Å².